The summed E-state index contributed by atoms with van der Waals surface area (Å²) in [7, 11) is -2.19. The first-order valence-electron chi connectivity index (χ1n) is 6.61. The molecule has 0 aromatic heterocycles. The van der Waals surface area contributed by atoms with Gasteiger partial charge >= 0.3 is 0 Å². The molecule has 0 amide bonds. The van der Waals surface area contributed by atoms with E-state index in [9.17, 15) is 13.5 Å². The highest BCUT2D eigenvalue weighted by molar-refractivity contribution is 7.89. The third kappa shape index (κ3) is 2.89. The lowest BCUT2D eigenvalue weighted by Gasteiger charge is -2.36. The van der Waals surface area contributed by atoms with Crippen LogP contribution in [-0.2, 0) is 10.0 Å². The van der Waals surface area contributed by atoms with E-state index in [0.717, 1.165) is 0 Å². The van der Waals surface area contributed by atoms with E-state index in [1.807, 2.05) is 11.8 Å². The molecule has 2 atom stereocenters. The molecule has 7 heteroatoms. The Labute approximate surface area is 119 Å². The van der Waals surface area contributed by atoms with Gasteiger partial charge in [-0.2, -0.15) is 0 Å². The van der Waals surface area contributed by atoms with Gasteiger partial charge in [0.05, 0.1) is 11.8 Å². The third-order valence-corrected chi connectivity index (χ3v) is 5.19. The Balaban J connectivity index is 2.42. The summed E-state index contributed by atoms with van der Waals surface area (Å²) in [5.41, 5.74) is 6.75. The molecule has 0 bridgehead atoms. The van der Waals surface area contributed by atoms with Crippen molar-refractivity contribution in [2.45, 2.75) is 24.3 Å². The molecule has 1 fully saturated rings. The van der Waals surface area contributed by atoms with E-state index in [1.54, 1.807) is 12.1 Å². The van der Waals surface area contributed by atoms with Crippen LogP contribution in [0.3, 0.4) is 0 Å². The van der Waals surface area contributed by atoms with Gasteiger partial charge in [-0.3, -0.25) is 0 Å². The number of nitrogens with zero attached hydrogens (tertiary/aromatic N) is 1. The van der Waals surface area contributed by atoms with Gasteiger partial charge in [-0.1, -0.05) is 6.92 Å². The maximum absolute atomic E-state index is 12.1. The Morgan fingerprint density at radius 1 is 1.45 bits per heavy atom. The molecular weight excluding hydrogens is 278 g/mol. The number of nitrogen functional groups attached to an aromatic ring is 1. The average molecular weight is 299 g/mol. The van der Waals surface area contributed by atoms with Gasteiger partial charge in [0.15, 0.2) is 0 Å². The summed E-state index contributed by atoms with van der Waals surface area (Å²) in [4.78, 5) is 2.17. The molecule has 1 aromatic carbocycles. The molecular formula is C13H21N3O3S. The van der Waals surface area contributed by atoms with Crippen molar-refractivity contribution >= 4 is 21.4 Å². The Kier molecular flexibility index (Phi) is 4.22. The topological polar surface area (TPSA) is 95.7 Å². The number of piperidine rings is 1. The van der Waals surface area contributed by atoms with Gasteiger partial charge in [0, 0.05) is 18.8 Å². The quantitative estimate of drug-likeness (QED) is 0.702. The third-order valence-electron chi connectivity index (χ3n) is 3.74. The van der Waals surface area contributed by atoms with Crippen LogP contribution in [-0.4, -0.2) is 39.8 Å². The Morgan fingerprint density at radius 2 is 2.15 bits per heavy atom. The summed E-state index contributed by atoms with van der Waals surface area (Å²) in [6.07, 6.45) is 0.300. The molecule has 1 aliphatic heterocycles. The molecule has 4 N–H and O–H groups in total. The number of nitrogens with one attached hydrogen (secondary N) is 1. The second-order valence-corrected chi connectivity index (χ2v) is 7.07. The number of benzene rings is 1. The van der Waals surface area contributed by atoms with Crippen molar-refractivity contribution in [1.82, 2.24) is 4.72 Å². The highest BCUT2D eigenvalue weighted by Gasteiger charge is 2.28. The van der Waals surface area contributed by atoms with E-state index < -0.39 is 10.0 Å². The van der Waals surface area contributed by atoms with E-state index >= 15 is 0 Å². The molecule has 2 rings (SSSR count). The minimum atomic E-state index is -3.57. The highest BCUT2D eigenvalue weighted by Crippen LogP contribution is 2.30. The van der Waals surface area contributed by atoms with Crippen molar-refractivity contribution < 1.29 is 13.5 Å². The van der Waals surface area contributed by atoms with Gasteiger partial charge in [-0.25, -0.2) is 13.1 Å². The van der Waals surface area contributed by atoms with E-state index in [2.05, 4.69) is 4.72 Å². The van der Waals surface area contributed by atoms with Crippen molar-refractivity contribution in [3.63, 3.8) is 0 Å². The van der Waals surface area contributed by atoms with Crippen molar-refractivity contribution in [2.75, 3.05) is 30.8 Å². The predicted molar refractivity (Wildman–Crippen MR) is 79.1 cm³/mol. The fraction of sp³-hybridized carbons (Fsp3) is 0.538. The minimum Gasteiger partial charge on any atom is -0.399 e. The van der Waals surface area contributed by atoms with Crippen LogP contribution in [0.2, 0.25) is 0 Å². The van der Waals surface area contributed by atoms with Crippen molar-refractivity contribution in [3.8, 4) is 0 Å². The van der Waals surface area contributed by atoms with Crippen molar-refractivity contribution in [1.29, 1.82) is 0 Å². The summed E-state index contributed by atoms with van der Waals surface area (Å²) in [6, 6.07) is 4.89. The summed E-state index contributed by atoms with van der Waals surface area (Å²) in [5.74, 6) is 0.103. The summed E-state index contributed by atoms with van der Waals surface area (Å²) >= 11 is 0. The van der Waals surface area contributed by atoms with E-state index in [-0.39, 0.29) is 16.9 Å². The lowest BCUT2D eigenvalue weighted by atomic mass is 9.96. The maximum atomic E-state index is 12.1. The molecule has 6 nitrogen and oxygen atoms in total. The Morgan fingerprint density at radius 3 is 2.75 bits per heavy atom. The van der Waals surface area contributed by atoms with Gasteiger partial charge in [0.25, 0.3) is 0 Å². The van der Waals surface area contributed by atoms with Crippen LogP contribution in [0, 0.1) is 5.92 Å². The smallest absolute Gasteiger partial charge is 0.242 e. The number of aliphatic hydroxyl groups excluding tert-OH is 1. The molecule has 1 heterocycles. The van der Waals surface area contributed by atoms with Gasteiger partial charge in [-0.15, -0.1) is 0 Å². The first kappa shape index (κ1) is 15.1. The van der Waals surface area contributed by atoms with Gasteiger partial charge < -0.3 is 15.7 Å². The van der Waals surface area contributed by atoms with Crippen molar-refractivity contribution in [3.05, 3.63) is 18.2 Å². The predicted octanol–water partition coefficient (Wildman–Crippen LogP) is 0.384. The molecule has 1 aliphatic rings. The second-order valence-electron chi connectivity index (χ2n) is 5.21. The summed E-state index contributed by atoms with van der Waals surface area (Å²) in [6.45, 7) is 3.21. The summed E-state index contributed by atoms with van der Waals surface area (Å²) < 4.78 is 26.6. The monoisotopic (exact) mass is 299 g/mol. The first-order chi connectivity index (χ1) is 9.35. The van der Waals surface area contributed by atoms with E-state index in [1.165, 1.54) is 13.1 Å². The van der Waals surface area contributed by atoms with Gasteiger partial charge in [0.2, 0.25) is 10.0 Å². The standard InChI is InChI=1S/C13H21N3O3S/c1-9-8-16(6-5-12(9)17)11-4-3-10(14)7-13(11)20(18,19)15-2/h3-4,7,9,12,15,17H,5-6,8,14H2,1-2H3. The Bertz CT molecular complexity index is 589. The molecule has 0 aliphatic carbocycles. The number of aliphatic hydroxyl groups is 1. The van der Waals surface area contributed by atoms with Crippen LogP contribution in [0.5, 0.6) is 0 Å². The number of sulfonamides is 1. The molecule has 0 saturated carbocycles. The molecule has 1 aromatic rings. The number of nitrogens with two attached hydrogens (primary N) is 1. The lowest BCUT2D eigenvalue weighted by molar-refractivity contribution is 0.0969. The zero-order chi connectivity index (χ0) is 14.9. The minimum absolute atomic E-state index is 0.103. The molecule has 0 spiro atoms. The second kappa shape index (κ2) is 5.59. The normalized spacial score (nSPS) is 23.9. The molecule has 2 unspecified atom stereocenters. The van der Waals surface area contributed by atoms with Crippen LogP contribution in [0.1, 0.15) is 13.3 Å². The SMILES string of the molecule is CNS(=O)(=O)c1cc(N)ccc1N1CCC(O)C(C)C1. The van der Waals surface area contributed by atoms with Crippen LogP contribution >= 0.6 is 0 Å². The Hall–Kier alpha value is -1.31. The van der Waals surface area contributed by atoms with E-state index in [0.29, 0.717) is 30.9 Å². The van der Waals surface area contributed by atoms with Crippen LogP contribution in [0.25, 0.3) is 0 Å². The van der Waals surface area contributed by atoms with E-state index in [4.69, 9.17) is 5.73 Å². The fourth-order valence-electron chi connectivity index (χ4n) is 2.47. The number of anilines is 2. The van der Waals surface area contributed by atoms with Gasteiger partial charge in [0.1, 0.15) is 4.90 Å². The highest BCUT2D eigenvalue weighted by atomic mass is 32.2. The van der Waals surface area contributed by atoms with Crippen molar-refractivity contribution in [2.24, 2.45) is 5.92 Å². The molecule has 1 saturated heterocycles. The zero-order valence-electron chi connectivity index (χ0n) is 11.7. The number of hydrogen-bond acceptors (Lipinski definition) is 5. The van der Waals surface area contributed by atoms with Crippen LogP contribution in [0.15, 0.2) is 23.1 Å². The van der Waals surface area contributed by atoms with Gasteiger partial charge in [-0.05, 0) is 37.6 Å². The molecule has 0 radical (unpaired) electrons. The number of rotatable bonds is 3. The number of hydrogen-bond donors (Lipinski definition) is 3. The molecule has 112 valence electrons. The largest absolute Gasteiger partial charge is 0.399 e. The lowest BCUT2D eigenvalue weighted by Crippen LogP contribution is -2.42. The zero-order valence-corrected chi connectivity index (χ0v) is 12.5. The van der Waals surface area contributed by atoms with Crippen LogP contribution in [0.4, 0.5) is 11.4 Å². The first-order valence-corrected chi connectivity index (χ1v) is 8.09. The molecule has 20 heavy (non-hydrogen) atoms. The summed E-state index contributed by atoms with van der Waals surface area (Å²) in [5, 5.41) is 9.78. The van der Waals surface area contributed by atoms with Crippen LogP contribution < -0.4 is 15.4 Å². The maximum Gasteiger partial charge on any atom is 0.242 e. The fourth-order valence-corrected chi connectivity index (χ4v) is 3.45. The average Bonchev–Trinajstić information content (AvgIpc) is 2.42.